The first-order valence-electron chi connectivity index (χ1n) is 10.9. The van der Waals surface area contributed by atoms with Gasteiger partial charge in [-0.15, -0.1) is 0 Å². The number of hydrogen-bond acceptors (Lipinski definition) is 4. The van der Waals surface area contributed by atoms with Crippen molar-refractivity contribution in [1.29, 1.82) is 0 Å². The van der Waals surface area contributed by atoms with Gasteiger partial charge < -0.3 is 14.6 Å². The lowest BCUT2D eigenvalue weighted by Gasteiger charge is -2.15. The Bertz CT molecular complexity index is 774. The molecule has 1 unspecified atom stereocenters. The second kappa shape index (κ2) is 16.8. The van der Waals surface area contributed by atoms with Crippen LogP contribution in [0, 0.1) is 0 Å². The van der Waals surface area contributed by atoms with E-state index in [0.29, 0.717) is 19.4 Å². The molecule has 0 radical (unpaired) electrons. The van der Waals surface area contributed by atoms with Crippen molar-refractivity contribution in [3.8, 4) is 5.75 Å². The van der Waals surface area contributed by atoms with E-state index >= 15 is 0 Å². The van der Waals surface area contributed by atoms with Crippen LogP contribution in [-0.2, 0) is 9.53 Å². The van der Waals surface area contributed by atoms with Crippen LogP contribution in [0.1, 0.15) is 62.7 Å². The van der Waals surface area contributed by atoms with Gasteiger partial charge in [-0.2, -0.15) is 0 Å². The van der Waals surface area contributed by atoms with E-state index in [4.69, 9.17) is 9.47 Å². The summed E-state index contributed by atoms with van der Waals surface area (Å²) in [5, 5.41) is 9.18. The minimum Gasteiger partial charge on any atom is -0.478 e. The Morgan fingerprint density at radius 1 is 0.903 bits per heavy atom. The van der Waals surface area contributed by atoms with E-state index in [2.05, 4.69) is 49.5 Å². The fraction of sp³-hybridized carbons (Fsp3) is 0.385. The Hall–Kier alpha value is -2.92. The van der Waals surface area contributed by atoms with Crippen molar-refractivity contribution in [2.75, 3.05) is 6.61 Å². The molecule has 0 amide bonds. The van der Waals surface area contributed by atoms with Gasteiger partial charge in [0.05, 0.1) is 6.61 Å². The molecule has 0 saturated carbocycles. The van der Waals surface area contributed by atoms with E-state index in [0.717, 1.165) is 25.7 Å². The van der Waals surface area contributed by atoms with Crippen molar-refractivity contribution in [3.63, 3.8) is 0 Å². The first kappa shape index (κ1) is 26.1. The summed E-state index contributed by atoms with van der Waals surface area (Å²) in [6.45, 7) is 4.34. The molecule has 0 bridgehead atoms. The van der Waals surface area contributed by atoms with Crippen molar-refractivity contribution in [3.05, 3.63) is 78.4 Å². The second-order valence-electron chi connectivity index (χ2n) is 6.78. The number of para-hydroxylation sites is 1. The molecular weight excluding hydrogens is 392 g/mol. The highest BCUT2D eigenvalue weighted by Crippen LogP contribution is 2.19. The highest BCUT2D eigenvalue weighted by molar-refractivity contribution is 5.92. The number of carboxylic acid groups (broad SMARTS) is 1. The topological polar surface area (TPSA) is 72.8 Å². The van der Waals surface area contributed by atoms with E-state index in [1.807, 2.05) is 13.0 Å². The number of esters is 1. The second-order valence-corrected chi connectivity index (χ2v) is 6.78. The van der Waals surface area contributed by atoms with Gasteiger partial charge in [-0.3, -0.25) is 0 Å². The largest absolute Gasteiger partial charge is 0.478 e. The fourth-order valence-electron chi connectivity index (χ4n) is 2.63. The van der Waals surface area contributed by atoms with E-state index in [1.165, 1.54) is 12.1 Å². The van der Waals surface area contributed by atoms with Crippen LogP contribution in [-0.4, -0.2) is 29.8 Å². The molecular formula is C26H34O5. The van der Waals surface area contributed by atoms with Crippen LogP contribution in [0.3, 0.4) is 0 Å². The summed E-state index contributed by atoms with van der Waals surface area (Å²) in [4.78, 5) is 23.5. The van der Waals surface area contributed by atoms with Gasteiger partial charge in [0.2, 0.25) is 0 Å². The summed E-state index contributed by atoms with van der Waals surface area (Å²) >= 11 is 0. The fourth-order valence-corrected chi connectivity index (χ4v) is 2.63. The normalized spacial score (nSPS) is 13.0. The average molecular weight is 427 g/mol. The molecule has 0 spiro atoms. The molecule has 0 fully saturated rings. The number of rotatable bonds is 15. The third-order valence-corrected chi connectivity index (χ3v) is 4.28. The minimum atomic E-state index is -1.14. The van der Waals surface area contributed by atoms with Gasteiger partial charge in [0, 0.05) is 0 Å². The Morgan fingerprint density at radius 2 is 1.48 bits per heavy atom. The van der Waals surface area contributed by atoms with Crippen LogP contribution in [0.25, 0.3) is 0 Å². The number of hydrogen-bond donors (Lipinski definition) is 1. The van der Waals surface area contributed by atoms with Crippen LogP contribution in [0.4, 0.5) is 0 Å². The number of carboxylic acids is 1. The smallest absolute Gasteiger partial charge is 0.340 e. The van der Waals surface area contributed by atoms with Crippen LogP contribution >= 0.6 is 0 Å². The van der Waals surface area contributed by atoms with E-state index in [-0.39, 0.29) is 11.3 Å². The SMILES string of the molecule is CC/C=C\C/C=C\C/C=C\C/C=C\CCOC(CC)C(=O)Oc1ccccc1C(=O)O. The van der Waals surface area contributed by atoms with Crippen molar-refractivity contribution in [1.82, 2.24) is 0 Å². The maximum atomic E-state index is 12.3. The lowest BCUT2D eigenvalue weighted by molar-refractivity contribution is -0.147. The summed E-state index contributed by atoms with van der Waals surface area (Å²) in [6.07, 6.45) is 21.3. The molecule has 1 aromatic rings. The number of aromatic carboxylic acids is 1. The highest BCUT2D eigenvalue weighted by Gasteiger charge is 2.21. The molecule has 0 aliphatic carbocycles. The molecule has 1 aromatic carbocycles. The Kier molecular flexibility index (Phi) is 14.2. The number of carbonyl (C=O) groups excluding carboxylic acids is 1. The lowest BCUT2D eigenvalue weighted by atomic mass is 10.2. The third-order valence-electron chi connectivity index (χ3n) is 4.28. The molecule has 1 N–H and O–H groups in total. The van der Waals surface area contributed by atoms with Crippen LogP contribution in [0.5, 0.6) is 5.75 Å². The zero-order valence-corrected chi connectivity index (χ0v) is 18.5. The Labute approximate surface area is 185 Å². The molecule has 0 aliphatic rings. The van der Waals surface area contributed by atoms with Crippen LogP contribution in [0.15, 0.2) is 72.9 Å². The molecule has 1 atom stereocenters. The zero-order chi connectivity index (χ0) is 22.7. The minimum absolute atomic E-state index is 0.0287. The molecule has 168 valence electrons. The predicted octanol–water partition coefficient (Wildman–Crippen LogP) is 6.28. The van der Waals surface area contributed by atoms with Crippen molar-refractivity contribution >= 4 is 11.9 Å². The molecule has 31 heavy (non-hydrogen) atoms. The standard InChI is InChI=1S/C26H34O5/c1-3-5-6-7-8-9-10-11-12-13-14-15-18-21-30-23(4-2)26(29)31-24-20-17-16-19-22(24)25(27)28/h5-6,8-9,11-12,14-17,19-20,23H,3-4,7,10,13,18,21H2,1-2H3,(H,27,28)/b6-5-,9-8-,12-11-,15-14-. The van der Waals surface area contributed by atoms with Gasteiger partial charge in [0.15, 0.2) is 6.10 Å². The predicted molar refractivity (Wildman–Crippen MR) is 124 cm³/mol. The van der Waals surface area contributed by atoms with Crippen molar-refractivity contribution < 1.29 is 24.2 Å². The number of ether oxygens (including phenoxy) is 2. The number of allylic oxidation sites excluding steroid dienone is 7. The Balaban J connectivity index is 2.28. The van der Waals surface area contributed by atoms with E-state index in [1.54, 1.807) is 12.1 Å². The van der Waals surface area contributed by atoms with Gasteiger partial charge in [-0.25, -0.2) is 9.59 Å². The Morgan fingerprint density at radius 3 is 2.06 bits per heavy atom. The summed E-state index contributed by atoms with van der Waals surface area (Å²) in [5.41, 5.74) is -0.0505. The molecule has 0 aliphatic heterocycles. The van der Waals surface area contributed by atoms with Gasteiger partial charge in [-0.1, -0.05) is 74.6 Å². The number of carbonyl (C=O) groups is 2. The molecule has 5 nitrogen and oxygen atoms in total. The molecule has 5 heteroatoms. The first-order valence-corrected chi connectivity index (χ1v) is 10.9. The van der Waals surface area contributed by atoms with E-state index < -0.39 is 18.0 Å². The molecule has 0 aromatic heterocycles. The average Bonchev–Trinajstić information content (AvgIpc) is 2.76. The van der Waals surface area contributed by atoms with Gasteiger partial charge in [0.1, 0.15) is 11.3 Å². The molecule has 0 saturated heterocycles. The van der Waals surface area contributed by atoms with E-state index in [9.17, 15) is 14.7 Å². The molecule has 0 heterocycles. The molecule has 1 rings (SSSR count). The van der Waals surface area contributed by atoms with Crippen LogP contribution < -0.4 is 4.74 Å². The third kappa shape index (κ3) is 11.7. The van der Waals surface area contributed by atoms with Crippen molar-refractivity contribution in [2.24, 2.45) is 0 Å². The van der Waals surface area contributed by atoms with Gasteiger partial charge in [-0.05, 0) is 50.7 Å². The van der Waals surface area contributed by atoms with Gasteiger partial charge >= 0.3 is 11.9 Å². The maximum absolute atomic E-state index is 12.3. The zero-order valence-electron chi connectivity index (χ0n) is 18.5. The van der Waals surface area contributed by atoms with Crippen molar-refractivity contribution in [2.45, 2.75) is 58.5 Å². The van der Waals surface area contributed by atoms with Gasteiger partial charge in [0.25, 0.3) is 0 Å². The summed E-state index contributed by atoms with van der Waals surface area (Å²) in [5.74, 6) is -1.70. The number of benzene rings is 1. The summed E-state index contributed by atoms with van der Waals surface area (Å²) < 4.78 is 10.9. The highest BCUT2D eigenvalue weighted by atomic mass is 16.6. The summed E-state index contributed by atoms with van der Waals surface area (Å²) in [7, 11) is 0. The summed E-state index contributed by atoms with van der Waals surface area (Å²) in [6, 6.07) is 6.06. The maximum Gasteiger partial charge on any atom is 0.340 e. The lowest BCUT2D eigenvalue weighted by Crippen LogP contribution is -2.29. The first-order chi connectivity index (χ1) is 15.1. The monoisotopic (exact) mass is 426 g/mol. The van der Waals surface area contributed by atoms with Crippen LogP contribution in [0.2, 0.25) is 0 Å². The quantitative estimate of drug-likeness (QED) is 0.155.